The highest BCUT2D eigenvalue weighted by Gasteiger charge is 2.16. The Hall–Kier alpha value is -3.28. The maximum Gasteiger partial charge on any atom is 0.270 e. The van der Waals surface area contributed by atoms with Gasteiger partial charge in [0.05, 0.1) is 12.2 Å². The van der Waals surface area contributed by atoms with Crippen molar-refractivity contribution >= 4 is 11.7 Å². The number of pyridine rings is 1. The molecule has 2 N–H and O–H groups in total. The van der Waals surface area contributed by atoms with Crippen LogP contribution in [0.3, 0.4) is 0 Å². The maximum atomic E-state index is 12.7. The van der Waals surface area contributed by atoms with Crippen molar-refractivity contribution in [2.24, 2.45) is 0 Å². The van der Waals surface area contributed by atoms with Crippen molar-refractivity contribution in [2.45, 2.75) is 32.9 Å². The number of carbonyl (C=O) groups excluding carboxylic acids is 1. The molecule has 1 amide bonds. The standard InChI is InChI=1S/C21H23N5O/c1-21(2,3)26-18-13-17(20(27)23-14-16-11-7-8-12-22-16)24-19(25-18)15-9-5-4-6-10-15/h4-13H,14H2,1-3H3,(H,23,27)(H,24,25,26). The van der Waals surface area contributed by atoms with Crippen molar-refractivity contribution in [3.63, 3.8) is 0 Å². The minimum atomic E-state index is -0.266. The van der Waals surface area contributed by atoms with Gasteiger partial charge in [-0.1, -0.05) is 36.4 Å². The van der Waals surface area contributed by atoms with E-state index >= 15 is 0 Å². The van der Waals surface area contributed by atoms with E-state index in [0.717, 1.165) is 11.3 Å². The quantitative estimate of drug-likeness (QED) is 0.725. The van der Waals surface area contributed by atoms with E-state index in [0.29, 0.717) is 23.9 Å². The molecule has 0 aliphatic carbocycles. The zero-order valence-electron chi connectivity index (χ0n) is 15.7. The van der Waals surface area contributed by atoms with E-state index in [9.17, 15) is 4.79 Å². The molecule has 1 aromatic carbocycles. The molecule has 0 aliphatic heterocycles. The number of amides is 1. The molecule has 6 nitrogen and oxygen atoms in total. The second kappa shape index (κ2) is 7.95. The van der Waals surface area contributed by atoms with E-state index in [1.54, 1.807) is 12.3 Å². The highest BCUT2D eigenvalue weighted by molar-refractivity contribution is 5.93. The van der Waals surface area contributed by atoms with Crippen LogP contribution in [0.5, 0.6) is 0 Å². The molecule has 0 atom stereocenters. The van der Waals surface area contributed by atoms with Gasteiger partial charge in [0.25, 0.3) is 5.91 Å². The van der Waals surface area contributed by atoms with Gasteiger partial charge in [0.1, 0.15) is 11.5 Å². The molecule has 0 saturated carbocycles. The van der Waals surface area contributed by atoms with E-state index in [1.807, 2.05) is 69.3 Å². The number of hydrogen-bond donors (Lipinski definition) is 2. The summed E-state index contributed by atoms with van der Waals surface area (Å²) in [5, 5.41) is 6.18. The molecule has 0 radical (unpaired) electrons. The summed E-state index contributed by atoms with van der Waals surface area (Å²) >= 11 is 0. The third-order valence-electron chi connectivity index (χ3n) is 3.65. The fourth-order valence-corrected chi connectivity index (χ4v) is 2.49. The largest absolute Gasteiger partial charge is 0.365 e. The smallest absolute Gasteiger partial charge is 0.270 e. The minimum absolute atomic E-state index is 0.190. The summed E-state index contributed by atoms with van der Waals surface area (Å²) in [7, 11) is 0. The Bertz CT molecular complexity index is 905. The molecular weight excluding hydrogens is 338 g/mol. The normalized spacial score (nSPS) is 11.1. The van der Waals surface area contributed by atoms with Crippen molar-refractivity contribution < 1.29 is 4.79 Å². The van der Waals surface area contributed by atoms with E-state index < -0.39 is 0 Å². The van der Waals surface area contributed by atoms with Crippen LogP contribution in [-0.4, -0.2) is 26.4 Å². The third-order valence-corrected chi connectivity index (χ3v) is 3.65. The first-order chi connectivity index (χ1) is 12.9. The number of benzene rings is 1. The molecule has 0 aliphatic rings. The molecule has 0 unspecified atom stereocenters. The van der Waals surface area contributed by atoms with Gasteiger partial charge in [0.15, 0.2) is 5.82 Å². The Labute approximate surface area is 159 Å². The van der Waals surface area contributed by atoms with Crippen molar-refractivity contribution in [1.29, 1.82) is 0 Å². The number of rotatable bonds is 5. The molecule has 0 saturated heterocycles. The van der Waals surface area contributed by atoms with Crippen molar-refractivity contribution in [2.75, 3.05) is 5.32 Å². The fraction of sp³-hybridized carbons (Fsp3) is 0.238. The van der Waals surface area contributed by atoms with Crippen LogP contribution in [-0.2, 0) is 6.54 Å². The predicted molar refractivity (Wildman–Crippen MR) is 106 cm³/mol. The molecule has 27 heavy (non-hydrogen) atoms. The summed E-state index contributed by atoms with van der Waals surface area (Å²) in [6.07, 6.45) is 1.70. The highest BCUT2D eigenvalue weighted by Crippen LogP contribution is 2.20. The number of carbonyl (C=O) groups is 1. The van der Waals surface area contributed by atoms with Crippen LogP contribution < -0.4 is 10.6 Å². The Morgan fingerprint density at radius 2 is 1.74 bits per heavy atom. The van der Waals surface area contributed by atoms with Crippen LogP contribution in [0.4, 0.5) is 5.82 Å². The number of aromatic nitrogens is 3. The highest BCUT2D eigenvalue weighted by atomic mass is 16.1. The Kier molecular flexibility index (Phi) is 5.45. The minimum Gasteiger partial charge on any atom is -0.365 e. The van der Waals surface area contributed by atoms with Gasteiger partial charge in [0.2, 0.25) is 0 Å². The molecule has 3 rings (SSSR count). The zero-order chi connectivity index (χ0) is 19.3. The summed E-state index contributed by atoms with van der Waals surface area (Å²) in [6.45, 7) is 6.46. The van der Waals surface area contributed by atoms with Gasteiger partial charge in [-0.05, 0) is 32.9 Å². The van der Waals surface area contributed by atoms with Gasteiger partial charge in [-0.25, -0.2) is 9.97 Å². The lowest BCUT2D eigenvalue weighted by Crippen LogP contribution is -2.28. The van der Waals surface area contributed by atoms with Crippen LogP contribution >= 0.6 is 0 Å². The number of nitrogens with zero attached hydrogens (tertiary/aromatic N) is 3. The topological polar surface area (TPSA) is 79.8 Å². The van der Waals surface area contributed by atoms with E-state index in [2.05, 4.69) is 25.6 Å². The lowest BCUT2D eigenvalue weighted by atomic mass is 10.1. The maximum absolute atomic E-state index is 12.7. The summed E-state index contributed by atoms with van der Waals surface area (Å²) in [5.41, 5.74) is 1.76. The lowest BCUT2D eigenvalue weighted by Gasteiger charge is -2.22. The van der Waals surface area contributed by atoms with Crippen LogP contribution in [0.15, 0.2) is 60.8 Å². The SMILES string of the molecule is CC(C)(C)Nc1cc(C(=O)NCc2ccccn2)nc(-c2ccccc2)n1. The lowest BCUT2D eigenvalue weighted by molar-refractivity contribution is 0.0945. The first kappa shape index (κ1) is 18.5. The molecule has 2 heterocycles. The van der Waals surface area contributed by atoms with Crippen LogP contribution in [0, 0.1) is 0 Å². The summed E-state index contributed by atoms with van der Waals surface area (Å²) in [5.74, 6) is 0.851. The third kappa shape index (κ3) is 5.34. The van der Waals surface area contributed by atoms with Crippen molar-refractivity contribution in [3.05, 3.63) is 72.2 Å². The molecule has 138 valence electrons. The summed E-state index contributed by atoms with van der Waals surface area (Å²) < 4.78 is 0. The Morgan fingerprint density at radius 1 is 1.00 bits per heavy atom. The average molecular weight is 361 g/mol. The van der Waals surface area contributed by atoms with Crippen LogP contribution in [0.2, 0.25) is 0 Å². The van der Waals surface area contributed by atoms with Crippen molar-refractivity contribution in [3.8, 4) is 11.4 Å². The molecule has 0 fully saturated rings. The van der Waals surface area contributed by atoms with Gasteiger partial charge in [0, 0.05) is 23.4 Å². The molecule has 6 heteroatoms. The van der Waals surface area contributed by atoms with E-state index in [4.69, 9.17) is 0 Å². The fourth-order valence-electron chi connectivity index (χ4n) is 2.49. The number of nitrogens with one attached hydrogen (secondary N) is 2. The van der Waals surface area contributed by atoms with Gasteiger partial charge < -0.3 is 10.6 Å². The molecule has 2 aromatic heterocycles. The summed E-state index contributed by atoms with van der Waals surface area (Å²) in [6, 6.07) is 16.9. The predicted octanol–water partition coefficient (Wildman–Crippen LogP) is 3.68. The van der Waals surface area contributed by atoms with Gasteiger partial charge >= 0.3 is 0 Å². The van der Waals surface area contributed by atoms with E-state index in [-0.39, 0.29) is 11.4 Å². The van der Waals surface area contributed by atoms with Crippen molar-refractivity contribution in [1.82, 2.24) is 20.3 Å². The second-order valence-electron chi connectivity index (χ2n) is 7.21. The van der Waals surface area contributed by atoms with Crippen LogP contribution in [0.1, 0.15) is 37.0 Å². The first-order valence-corrected chi connectivity index (χ1v) is 8.81. The Morgan fingerprint density at radius 3 is 2.41 bits per heavy atom. The summed E-state index contributed by atoms with van der Waals surface area (Å²) in [4.78, 5) is 25.9. The average Bonchev–Trinajstić information content (AvgIpc) is 2.66. The number of anilines is 1. The Balaban J connectivity index is 1.88. The first-order valence-electron chi connectivity index (χ1n) is 8.81. The molecule has 3 aromatic rings. The van der Waals surface area contributed by atoms with Gasteiger partial charge in [-0.3, -0.25) is 9.78 Å². The second-order valence-corrected chi connectivity index (χ2v) is 7.21. The molecule has 0 spiro atoms. The molecule has 0 bridgehead atoms. The zero-order valence-corrected chi connectivity index (χ0v) is 15.7. The van der Waals surface area contributed by atoms with Crippen LogP contribution in [0.25, 0.3) is 11.4 Å². The number of hydrogen-bond acceptors (Lipinski definition) is 5. The monoisotopic (exact) mass is 361 g/mol. The van der Waals surface area contributed by atoms with E-state index in [1.165, 1.54) is 0 Å². The van der Waals surface area contributed by atoms with Gasteiger partial charge in [-0.15, -0.1) is 0 Å². The van der Waals surface area contributed by atoms with Gasteiger partial charge in [-0.2, -0.15) is 0 Å². The molecular formula is C21H23N5O.